The maximum absolute atomic E-state index is 11.0. The van der Waals surface area contributed by atoms with Crippen molar-refractivity contribution in [3.05, 3.63) is 30.0 Å². The van der Waals surface area contributed by atoms with Gasteiger partial charge in [0.25, 0.3) is 0 Å². The molecule has 6 heteroatoms. The standard InChI is InChI=1S/C14H16N2O4/c17-11-3-1-2-7-8(5-16-13(7)11)10-4-12(18)9(6-15-10)14(19)20/h1-3,5,9-10,12,15-18H,4,6H2,(H,19,20). The van der Waals surface area contributed by atoms with Crippen LogP contribution in [0, 0.1) is 5.92 Å². The third-order valence-corrected chi connectivity index (χ3v) is 3.94. The van der Waals surface area contributed by atoms with E-state index >= 15 is 0 Å². The summed E-state index contributed by atoms with van der Waals surface area (Å²) >= 11 is 0. The van der Waals surface area contributed by atoms with Gasteiger partial charge in [0.2, 0.25) is 0 Å². The number of carboxylic acids is 1. The Hall–Kier alpha value is -2.05. The largest absolute Gasteiger partial charge is 0.506 e. The van der Waals surface area contributed by atoms with Crippen molar-refractivity contribution in [2.45, 2.75) is 18.6 Å². The lowest BCUT2D eigenvalue weighted by Crippen LogP contribution is -2.45. The first-order chi connectivity index (χ1) is 9.58. The van der Waals surface area contributed by atoms with Gasteiger partial charge in [0.05, 0.1) is 17.5 Å². The molecule has 1 aromatic carbocycles. The molecule has 20 heavy (non-hydrogen) atoms. The molecule has 6 nitrogen and oxygen atoms in total. The van der Waals surface area contributed by atoms with Crippen molar-refractivity contribution >= 4 is 16.9 Å². The number of carboxylic acid groups (broad SMARTS) is 1. The summed E-state index contributed by atoms with van der Waals surface area (Å²) in [5, 5.41) is 32.8. The van der Waals surface area contributed by atoms with E-state index in [4.69, 9.17) is 5.11 Å². The highest BCUT2D eigenvalue weighted by Crippen LogP contribution is 2.34. The van der Waals surface area contributed by atoms with Gasteiger partial charge in [-0.25, -0.2) is 0 Å². The summed E-state index contributed by atoms with van der Waals surface area (Å²) in [6, 6.07) is 5.12. The van der Waals surface area contributed by atoms with Crippen LogP contribution >= 0.6 is 0 Å². The number of rotatable bonds is 2. The van der Waals surface area contributed by atoms with Crippen LogP contribution < -0.4 is 5.32 Å². The summed E-state index contributed by atoms with van der Waals surface area (Å²) in [5.74, 6) is -1.58. The van der Waals surface area contributed by atoms with Crippen LogP contribution in [0.25, 0.3) is 10.9 Å². The fourth-order valence-corrected chi connectivity index (χ4v) is 2.83. The maximum atomic E-state index is 11.0. The first kappa shape index (κ1) is 13.0. The van der Waals surface area contributed by atoms with Crippen LogP contribution in [0.4, 0.5) is 0 Å². The second-order valence-electron chi connectivity index (χ2n) is 5.15. The van der Waals surface area contributed by atoms with Crippen molar-refractivity contribution in [1.29, 1.82) is 0 Å². The molecule has 3 unspecified atom stereocenters. The van der Waals surface area contributed by atoms with Crippen molar-refractivity contribution in [3.63, 3.8) is 0 Å². The van der Waals surface area contributed by atoms with Crippen LogP contribution in [0.1, 0.15) is 18.0 Å². The summed E-state index contributed by atoms with van der Waals surface area (Å²) in [7, 11) is 0. The quantitative estimate of drug-likeness (QED) is 0.562. The zero-order valence-electron chi connectivity index (χ0n) is 10.7. The van der Waals surface area contributed by atoms with Gasteiger partial charge in [0.1, 0.15) is 5.75 Å². The topological polar surface area (TPSA) is 106 Å². The van der Waals surface area contributed by atoms with Crippen molar-refractivity contribution in [2.24, 2.45) is 5.92 Å². The summed E-state index contributed by atoms with van der Waals surface area (Å²) in [5.41, 5.74) is 1.58. The molecule has 2 heterocycles. The zero-order chi connectivity index (χ0) is 14.3. The number of carbonyl (C=O) groups is 1. The van der Waals surface area contributed by atoms with Crippen LogP contribution in [0.5, 0.6) is 5.75 Å². The van der Waals surface area contributed by atoms with E-state index in [-0.39, 0.29) is 18.3 Å². The lowest BCUT2D eigenvalue weighted by molar-refractivity contribution is -0.147. The minimum Gasteiger partial charge on any atom is -0.506 e. The summed E-state index contributed by atoms with van der Waals surface area (Å²) in [6.07, 6.45) is 1.25. The Bertz CT molecular complexity index is 652. The van der Waals surface area contributed by atoms with Gasteiger partial charge in [0.15, 0.2) is 0 Å². The number of aromatic nitrogens is 1. The average Bonchev–Trinajstić information content (AvgIpc) is 2.83. The molecule has 2 aromatic rings. The number of phenols is 1. The number of aromatic amines is 1. The first-order valence-electron chi connectivity index (χ1n) is 6.51. The maximum Gasteiger partial charge on any atom is 0.310 e. The molecular weight excluding hydrogens is 260 g/mol. The lowest BCUT2D eigenvalue weighted by Gasteiger charge is -2.31. The van der Waals surface area contributed by atoms with Crippen molar-refractivity contribution < 1.29 is 20.1 Å². The molecule has 1 aliphatic heterocycles. The van der Waals surface area contributed by atoms with E-state index in [1.54, 1.807) is 18.3 Å². The summed E-state index contributed by atoms with van der Waals surface area (Å²) in [6.45, 7) is 0.229. The van der Waals surface area contributed by atoms with E-state index in [9.17, 15) is 15.0 Å². The normalized spacial score (nSPS) is 26.8. The molecule has 1 fully saturated rings. The highest BCUT2D eigenvalue weighted by Gasteiger charge is 2.34. The molecule has 3 atom stereocenters. The molecular formula is C14H16N2O4. The van der Waals surface area contributed by atoms with E-state index in [1.165, 1.54) is 0 Å². The Kier molecular flexibility index (Phi) is 3.11. The van der Waals surface area contributed by atoms with E-state index < -0.39 is 18.0 Å². The average molecular weight is 276 g/mol. The molecule has 0 bridgehead atoms. The van der Waals surface area contributed by atoms with Crippen LogP contribution in [0.2, 0.25) is 0 Å². The Morgan fingerprint density at radius 3 is 2.85 bits per heavy atom. The van der Waals surface area contributed by atoms with Gasteiger partial charge in [-0.3, -0.25) is 4.79 Å². The molecule has 0 aliphatic carbocycles. The SMILES string of the molecule is O=C(O)C1CNC(c2c[nH]c3c(O)cccc23)CC1O. The van der Waals surface area contributed by atoms with Crippen LogP contribution in [-0.2, 0) is 4.79 Å². The predicted octanol–water partition coefficient (Wildman–Crippen LogP) is 0.970. The van der Waals surface area contributed by atoms with Crippen LogP contribution in [0.15, 0.2) is 24.4 Å². The first-order valence-corrected chi connectivity index (χ1v) is 6.51. The lowest BCUT2D eigenvalue weighted by atomic mass is 9.88. The number of fused-ring (bicyclic) bond motifs is 1. The van der Waals surface area contributed by atoms with E-state index in [0.717, 1.165) is 10.9 Å². The summed E-state index contributed by atoms with van der Waals surface area (Å²) < 4.78 is 0. The molecule has 0 spiro atoms. The minimum atomic E-state index is -0.986. The number of aliphatic hydroxyl groups is 1. The van der Waals surface area contributed by atoms with Crippen molar-refractivity contribution in [3.8, 4) is 5.75 Å². The number of aliphatic hydroxyl groups excluding tert-OH is 1. The van der Waals surface area contributed by atoms with E-state index in [1.807, 2.05) is 6.07 Å². The number of hydrogen-bond acceptors (Lipinski definition) is 4. The number of nitrogens with one attached hydrogen (secondary N) is 2. The van der Waals surface area contributed by atoms with E-state index in [2.05, 4.69) is 10.3 Å². The molecule has 1 saturated heterocycles. The molecule has 5 N–H and O–H groups in total. The second kappa shape index (κ2) is 4.81. The second-order valence-corrected chi connectivity index (χ2v) is 5.15. The molecule has 1 aromatic heterocycles. The monoisotopic (exact) mass is 276 g/mol. The number of benzene rings is 1. The van der Waals surface area contributed by atoms with Gasteiger partial charge < -0.3 is 25.6 Å². The molecule has 0 radical (unpaired) electrons. The highest BCUT2D eigenvalue weighted by atomic mass is 16.4. The molecule has 0 saturated carbocycles. The summed E-state index contributed by atoms with van der Waals surface area (Å²) in [4.78, 5) is 14.0. The van der Waals surface area contributed by atoms with Gasteiger partial charge in [-0.2, -0.15) is 0 Å². The number of piperidine rings is 1. The van der Waals surface area contributed by atoms with Gasteiger partial charge in [-0.1, -0.05) is 12.1 Å². The third-order valence-electron chi connectivity index (χ3n) is 3.94. The smallest absolute Gasteiger partial charge is 0.310 e. The number of aromatic hydroxyl groups is 1. The van der Waals surface area contributed by atoms with Gasteiger partial charge in [-0.15, -0.1) is 0 Å². The molecule has 0 amide bonds. The van der Waals surface area contributed by atoms with E-state index in [0.29, 0.717) is 11.9 Å². The zero-order valence-corrected chi connectivity index (χ0v) is 10.7. The van der Waals surface area contributed by atoms with Crippen LogP contribution in [0.3, 0.4) is 0 Å². The van der Waals surface area contributed by atoms with Gasteiger partial charge in [-0.05, 0) is 18.1 Å². The Balaban J connectivity index is 1.90. The fraction of sp³-hybridized carbons (Fsp3) is 0.357. The van der Waals surface area contributed by atoms with Crippen molar-refractivity contribution in [2.75, 3.05) is 6.54 Å². The Morgan fingerprint density at radius 2 is 2.15 bits per heavy atom. The van der Waals surface area contributed by atoms with Gasteiger partial charge in [0, 0.05) is 24.2 Å². The Labute approximate surface area is 115 Å². The molecule has 3 rings (SSSR count). The number of phenolic OH excluding ortho intramolecular Hbond substituents is 1. The number of para-hydroxylation sites is 1. The van der Waals surface area contributed by atoms with Crippen LogP contribution in [-0.4, -0.2) is 38.9 Å². The number of H-pyrrole nitrogens is 1. The predicted molar refractivity (Wildman–Crippen MR) is 72.5 cm³/mol. The van der Waals surface area contributed by atoms with Crippen molar-refractivity contribution in [1.82, 2.24) is 10.3 Å². The molecule has 1 aliphatic rings. The number of aliphatic carboxylic acids is 1. The fourth-order valence-electron chi connectivity index (χ4n) is 2.83. The Morgan fingerprint density at radius 1 is 1.35 bits per heavy atom. The third kappa shape index (κ3) is 2.03. The highest BCUT2D eigenvalue weighted by molar-refractivity contribution is 5.88. The minimum absolute atomic E-state index is 0.129. The number of hydrogen-bond donors (Lipinski definition) is 5. The van der Waals surface area contributed by atoms with Gasteiger partial charge >= 0.3 is 5.97 Å². The molecule has 106 valence electrons.